The van der Waals surface area contributed by atoms with Crippen LogP contribution in [-0.2, 0) is 13.0 Å². The maximum Gasteiger partial charge on any atom is 0.211 e. The van der Waals surface area contributed by atoms with Crippen LogP contribution in [0.15, 0.2) is 12.3 Å². The van der Waals surface area contributed by atoms with Gasteiger partial charge in [-0.15, -0.1) is 10.2 Å². The molecule has 0 bridgehead atoms. The molecule has 0 aromatic carbocycles. The maximum absolute atomic E-state index is 14.4. The van der Waals surface area contributed by atoms with Crippen molar-refractivity contribution in [2.24, 2.45) is 0 Å². The Hall–Kier alpha value is -1.60. The SMILES string of the molecule is CCc1nnc(Nc2nccc(CNC(C)(C)C)c2F)s1. The van der Waals surface area contributed by atoms with E-state index in [2.05, 4.69) is 25.8 Å². The highest BCUT2D eigenvalue weighted by molar-refractivity contribution is 7.15. The molecule has 7 heteroatoms. The van der Waals surface area contributed by atoms with Crippen LogP contribution < -0.4 is 10.6 Å². The molecule has 0 saturated heterocycles. The number of halogens is 1. The van der Waals surface area contributed by atoms with E-state index in [0.717, 1.165) is 11.4 Å². The summed E-state index contributed by atoms with van der Waals surface area (Å²) in [7, 11) is 0. The molecule has 0 aliphatic rings. The summed E-state index contributed by atoms with van der Waals surface area (Å²) in [5.74, 6) is -0.176. The molecule has 114 valence electrons. The maximum atomic E-state index is 14.4. The van der Waals surface area contributed by atoms with E-state index in [9.17, 15) is 4.39 Å². The molecule has 0 aliphatic carbocycles. The summed E-state index contributed by atoms with van der Waals surface area (Å²) in [6.07, 6.45) is 2.40. The summed E-state index contributed by atoms with van der Waals surface area (Å²) in [4.78, 5) is 4.04. The minimum absolute atomic E-state index is 0.0709. The molecule has 21 heavy (non-hydrogen) atoms. The molecule has 2 aromatic heterocycles. The first-order valence-electron chi connectivity index (χ1n) is 6.87. The fourth-order valence-corrected chi connectivity index (χ4v) is 2.29. The summed E-state index contributed by atoms with van der Waals surface area (Å²) in [5.41, 5.74) is 0.501. The van der Waals surface area contributed by atoms with Gasteiger partial charge in [0.15, 0.2) is 11.6 Å². The van der Waals surface area contributed by atoms with Crippen LogP contribution in [0.5, 0.6) is 0 Å². The lowest BCUT2D eigenvalue weighted by Crippen LogP contribution is -2.35. The Morgan fingerprint density at radius 1 is 1.29 bits per heavy atom. The fraction of sp³-hybridized carbons (Fsp3) is 0.500. The molecule has 0 unspecified atom stereocenters. The largest absolute Gasteiger partial charge is 0.312 e. The highest BCUT2D eigenvalue weighted by atomic mass is 32.1. The van der Waals surface area contributed by atoms with Gasteiger partial charge in [-0.1, -0.05) is 18.3 Å². The van der Waals surface area contributed by atoms with Crippen molar-refractivity contribution in [3.8, 4) is 0 Å². The molecule has 0 radical (unpaired) electrons. The van der Waals surface area contributed by atoms with Crippen LogP contribution in [0.3, 0.4) is 0 Å². The number of anilines is 2. The minimum Gasteiger partial charge on any atom is -0.312 e. The van der Waals surface area contributed by atoms with E-state index < -0.39 is 0 Å². The van der Waals surface area contributed by atoms with Gasteiger partial charge in [0.25, 0.3) is 0 Å². The summed E-state index contributed by atoms with van der Waals surface area (Å²) in [5, 5.41) is 15.6. The van der Waals surface area contributed by atoms with E-state index in [1.165, 1.54) is 11.3 Å². The van der Waals surface area contributed by atoms with Crippen molar-refractivity contribution < 1.29 is 4.39 Å². The molecule has 0 spiro atoms. The predicted molar refractivity (Wildman–Crippen MR) is 83.4 cm³/mol. The molecule has 5 nitrogen and oxygen atoms in total. The molecule has 2 aromatic rings. The number of hydrogen-bond acceptors (Lipinski definition) is 6. The second kappa shape index (κ2) is 6.44. The third-order valence-corrected chi connectivity index (χ3v) is 3.76. The minimum atomic E-state index is -0.359. The number of rotatable bonds is 5. The van der Waals surface area contributed by atoms with Crippen LogP contribution in [0.4, 0.5) is 15.3 Å². The van der Waals surface area contributed by atoms with Gasteiger partial charge in [0.2, 0.25) is 5.13 Å². The Labute approximate surface area is 128 Å². The summed E-state index contributed by atoms with van der Waals surface area (Å²) < 4.78 is 14.4. The van der Waals surface area contributed by atoms with E-state index in [1.54, 1.807) is 12.3 Å². The van der Waals surface area contributed by atoms with Gasteiger partial charge in [-0.2, -0.15) is 0 Å². The molecular formula is C14H20FN5S. The number of pyridine rings is 1. The van der Waals surface area contributed by atoms with Crippen molar-refractivity contribution in [3.63, 3.8) is 0 Å². The highest BCUT2D eigenvalue weighted by Gasteiger charge is 2.14. The molecular weight excluding hydrogens is 289 g/mol. The van der Waals surface area contributed by atoms with Crippen molar-refractivity contribution in [1.82, 2.24) is 20.5 Å². The summed E-state index contributed by atoms with van der Waals surface area (Å²) in [6, 6.07) is 1.68. The van der Waals surface area contributed by atoms with E-state index in [4.69, 9.17) is 0 Å². The molecule has 0 fully saturated rings. The van der Waals surface area contributed by atoms with Crippen LogP contribution in [-0.4, -0.2) is 20.7 Å². The summed E-state index contributed by atoms with van der Waals surface area (Å²) in [6.45, 7) is 8.57. The molecule has 0 amide bonds. The molecule has 2 heterocycles. The van der Waals surface area contributed by atoms with Crippen molar-refractivity contribution >= 4 is 22.3 Å². The first-order valence-corrected chi connectivity index (χ1v) is 7.68. The van der Waals surface area contributed by atoms with Gasteiger partial charge in [-0.3, -0.25) is 0 Å². The fourth-order valence-electron chi connectivity index (χ4n) is 1.62. The van der Waals surface area contributed by atoms with Crippen molar-refractivity contribution in [3.05, 3.63) is 28.7 Å². The lowest BCUT2D eigenvalue weighted by Gasteiger charge is -2.21. The first-order chi connectivity index (χ1) is 9.89. The van der Waals surface area contributed by atoms with Gasteiger partial charge in [-0.25, -0.2) is 9.37 Å². The second-order valence-electron chi connectivity index (χ2n) is 5.72. The average Bonchev–Trinajstić information content (AvgIpc) is 2.86. The van der Waals surface area contributed by atoms with E-state index in [-0.39, 0.29) is 17.2 Å². The van der Waals surface area contributed by atoms with Crippen LogP contribution in [0.25, 0.3) is 0 Å². The predicted octanol–water partition coefficient (Wildman–Crippen LogP) is 3.27. The van der Waals surface area contributed by atoms with Crippen molar-refractivity contribution in [1.29, 1.82) is 0 Å². The third kappa shape index (κ3) is 4.44. The Kier molecular flexibility index (Phi) is 4.84. The lowest BCUT2D eigenvalue weighted by atomic mass is 10.1. The van der Waals surface area contributed by atoms with Gasteiger partial charge >= 0.3 is 0 Å². The van der Waals surface area contributed by atoms with Crippen molar-refractivity contribution in [2.75, 3.05) is 5.32 Å². The molecule has 2 rings (SSSR count). The second-order valence-corrected chi connectivity index (χ2v) is 6.78. The Balaban J connectivity index is 2.13. The Bertz CT molecular complexity index is 606. The number of nitrogens with zero attached hydrogens (tertiary/aromatic N) is 3. The van der Waals surface area contributed by atoms with Crippen LogP contribution in [0, 0.1) is 5.82 Å². The number of nitrogens with one attached hydrogen (secondary N) is 2. The van der Waals surface area contributed by atoms with Crippen LogP contribution >= 0.6 is 11.3 Å². The van der Waals surface area contributed by atoms with E-state index >= 15 is 0 Å². The highest BCUT2D eigenvalue weighted by Crippen LogP contribution is 2.23. The first kappa shape index (κ1) is 15.8. The van der Waals surface area contributed by atoms with Gasteiger partial charge in [0.05, 0.1) is 0 Å². The molecule has 0 saturated carbocycles. The number of aromatic nitrogens is 3. The van der Waals surface area contributed by atoms with E-state index in [0.29, 0.717) is 17.2 Å². The normalized spacial score (nSPS) is 11.7. The van der Waals surface area contributed by atoms with Gasteiger partial charge in [0.1, 0.15) is 5.01 Å². The Morgan fingerprint density at radius 3 is 2.67 bits per heavy atom. The zero-order valence-corrected chi connectivity index (χ0v) is 13.5. The molecule has 0 atom stereocenters. The average molecular weight is 309 g/mol. The monoisotopic (exact) mass is 309 g/mol. The summed E-state index contributed by atoms with van der Waals surface area (Å²) >= 11 is 1.40. The zero-order valence-electron chi connectivity index (χ0n) is 12.7. The molecule has 0 aliphatic heterocycles. The van der Waals surface area contributed by atoms with Crippen molar-refractivity contribution in [2.45, 2.75) is 46.2 Å². The van der Waals surface area contributed by atoms with Gasteiger partial charge < -0.3 is 10.6 Å². The topological polar surface area (TPSA) is 62.7 Å². The number of hydrogen-bond donors (Lipinski definition) is 2. The van der Waals surface area contributed by atoms with Gasteiger partial charge in [-0.05, 0) is 33.3 Å². The van der Waals surface area contributed by atoms with Gasteiger partial charge in [0, 0.05) is 23.8 Å². The number of aryl methyl sites for hydroxylation is 1. The quantitative estimate of drug-likeness (QED) is 0.887. The third-order valence-electron chi connectivity index (χ3n) is 2.77. The van der Waals surface area contributed by atoms with Crippen LogP contribution in [0.1, 0.15) is 38.3 Å². The van der Waals surface area contributed by atoms with E-state index in [1.807, 2.05) is 27.7 Å². The molecule has 2 N–H and O–H groups in total. The lowest BCUT2D eigenvalue weighted by molar-refractivity contribution is 0.418. The smallest absolute Gasteiger partial charge is 0.211 e. The standard InChI is InChI=1S/C14H20FN5S/c1-5-10-19-20-13(21-10)18-12-11(15)9(6-7-16-12)8-17-14(2,3)4/h6-7,17H,5,8H2,1-4H3,(H,16,18,20). The Morgan fingerprint density at radius 2 is 2.05 bits per heavy atom. The van der Waals surface area contributed by atoms with Crippen LogP contribution in [0.2, 0.25) is 0 Å². The zero-order chi connectivity index (χ0) is 15.5.